The molecule has 0 N–H and O–H groups in total. The fourth-order valence-corrected chi connectivity index (χ4v) is 1.94. The molecule has 0 aromatic carbocycles. The van der Waals surface area contributed by atoms with Crippen molar-refractivity contribution in [3.05, 3.63) is 0 Å². The van der Waals surface area contributed by atoms with E-state index < -0.39 is 0 Å². The van der Waals surface area contributed by atoms with Gasteiger partial charge >= 0.3 is 68.0 Å². The zero-order valence-electron chi connectivity index (χ0n) is 6.55. The van der Waals surface area contributed by atoms with Gasteiger partial charge in [-0.15, -0.1) is 0 Å². The summed E-state index contributed by atoms with van der Waals surface area (Å²) in [5.74, 6) is -0.0315. The Kier molecular flexibility index (Phi) is 7.09. The summed E-state index contributed by atoms with van der Waals surface area (Å²) in [6.07, 6.45) is 1.18. The quantitative estimate of drug-likeness (QED) is 0.389. The first-order valence-corrected chi connectivity index (χ1v) is 5.96. The Balaban J connectivity index is 3.05. The molecule has 0 aromatic rings. The van der Waals surface area contributed by atoms with E-state index in [2.05, 4.69) is 6.92 Å². The molecule has 0 aliphatic rings. The Labute approximate surface area is 68.5 Å². The van der Waals surface area contributed by atoms with Crippen molar-refractivity contribution in [2.75, 3.05) is 6.61 Å². The van der Waals surface area contributed by atoms with Gasteiger partial charge in [0.15, 0.2) is 0 Å². The van der Waals surface area contributed by atoms with Crippen molar-refractivity contribution >= 4 is 20.9 Å². The third-order valence-corrected chi connectivity index (χ3v) is 3.26. The molecule has 0 unspecified atom stereocenters. The van der Waals surface area contributed by atoms with Gasteiger partial charge in [-0.2, -0.15) is 0 Å². The van der Waals surface area contributed by atoms with Crippen LogP contribution < -0.4 is 0 Å². The summed E-state index contributed by atoms with van der Waals surface area (Å²) in [6.45, 7) is 4.48. The molecule has 2 nitrogen and oxygen atoms in total. The molecule has 0 spiro atoms. The van der Waals surface area contributed by atoms with Crippen LogP contribution in [0.3, 0.4) is 0 Å². The van der Waals surface area contributed by atoms with Gasteiger partial charge in [-0.1, -0.05) is 0 Å². The van der Waals surface area contributed by atoms with E-state index in [4.69, 9.17) is 4.74 Å². The maximum atomic E-state index is 10.7. The van der Waals surface area contributed by atoms with Crippen molar-refractivity contribution in [3.8, 4) is 0 Å². The van der Waals surface area contributed by atoms with Crippen LogP contribution in [0.1, 0.15) is 20.3 Å². The van der Waals surface area contributed by atoms with Crippen LogP contribution in [0.15, 0.2) is 0 Å². The number of ether oxygens (including phenoxy) is 1. The van der Waals surface area contributed by atoms with Crippen LogP contribution in [0.5, 0.6) is 0 Å². The summed E-state index contributed by atoms with van der Waals surface area (Å²) in [6, 6.07) is 0. The van der Waals surface area contributed by atoms with E-state index in [9.17, 15) is 4.79 Å². The predicted octanol–water partition coefficient (Wildman–Crippen LogP) is 1.50. The van der Waals surface area contributed by atoms with Gasteiger partial charge in [0, 0.05) is 0 Å². The average molecular weight is 209 g/mol. The summed E-state index contributed by atoms with van der Waals surface area (Å²) in [5, 5.41) is 1.83. The predicted molar refractivity (Wildman–Crippen MR) is 42.3 cm³/mol. The zero-order valence-corrected chi connectivity index (χ0v) is 8.27. The number of rotatable bonds is 5. The monoisotopic (exact) mass is 210 g/mol. The summed E-state index contributed by atoms with van der Waals surface area (Å²) < 4.78 is 4.77. The van der Waals surface area contributed by atoms with Gasteiger partial charge in [0.1, 0.15) is 0 Å². The molecule has 0 saturated carbocycles. The number of esters is 1. The second-order valence-electron chi connectivity index (χ2n) is 1.86. The van der Waals surface area contributed by atoms with E-state index in [1.807, 2.05) is 6.92 Å². The number of hydrogen-bond acceptors (Lipinski definition) is 2. The first-order chi connectivity index (χ1) is 4.81. The Bertz CT molecular complexity index is 93.6. The molecule has 0 bridgehead atoms. The van der Waals surface area contributed by atoms with Crippen molar-refractivity contribution in [2.45, 2.75) is 30.9 Å². The Morgan fingerprint density at radius 3 is 2.70 bits per heavy atom. The zero-order chi connectivity index (χ0) is 7.82. The van der Waals surface area contributed by atoms with Crippen molar-refractivity contribution in [3.63, 3.8) is 0 Å². The van der Waals surface area contributed by atoms with Crippen LogP contribution in [0.2, 0.25) is 10.6 Å². The molecule has 0 saturated heterocycles. The van der Waals surface area contributed by atoms with Gasteiger partial charge in [0.25, 0.3) is 0 Å². The Morgan fingerprint density at radius 2 is 2.20 bits per heavy atom. The number of carbonyl (C=O) groups excluding carboxylic acids is 1. The van der Waals surface area contributed by atoms with Gasteiger partial charge in [-0.25, -0.2) is 0 Å². The molecule has 10 heavy (non-hydrogen) atoms. The standard InChI is InChI=1S/C7H14O2Se/c1-3-5-10-6-7(8)9-4-2/h3-6H2,1-2H3. The fraction of sp³-hybridized carbons (Fsp3) is 0.857. The van der Waals surface area contributed by atoms with Crippen LogP contribution in [-0.4, -0.2) is 27.5 Å². The number of carbonyl (C=O) groups is 1. The van der Waals surface area contributed by atoms with E-state index >= 15 is 0 Å². The van der Waals surface area contributed by atoms with Crippen LogP contribution in [-0.2, 0) is 9.53 Å². The minimum atomic E-state index is -0.0315. The van der Waals surface area contributed by atoms with Gasteiger partial charge in [0.2, 0.25) is 0 Å². The molecular weight excluding hydrogens is 195 g/mol. The molecule has 0 aromatic heterocycles. The van der Waals surface area contributed by atoms with Crippen molar-refractivity contribution in [2.24, 2.45) is 0 Å². The van der Waals surface area contributed by atoms with Crippen molar-refractivity contribution in [1.82, 2.24) is 0 Å². The SMILES string of the molecule is CCC[Se]CC(=O)OCC. The second-order valence-corrected chi connectivity index (χ2v) is 4.18. The van der Waals surface area contributed by atoms with E-state index in [0.717, 1.165) is 0 Å². The normalized spacial score (nSPS) is 9.40. The third-order valence-electron chi connectivity index (χ3n) is 0.874. The van der Waals surface area contributed by atoms with E-state index in [-0.39, 0.29) is 5.97 Å². The fourth-order valence-electron chi connectivity index (χ4n) is 0.502. The van der Waals surface area contributed by atoms with E-state index in [1.165, 1.54) is 11.7 Å². The van der Waals surface area contributed by atoms with Crippen LogP contribution >= 0.6 is 0 Å². The second kappa shape index (κ2) is 7.10. The Hall–Kier alpha value is -0.0105. The van der Waals surface area contributed by atoms with Gasteiger partial charge in [0.05, 0.1) is 0 Å². The van der Waals surface area contributed by atoms with Crippen molar-refractivity contribution in [1.29, 1.82) is 0 Å². The topological polar surface area (TPSA) is 26.3 Å². The van der Waals surface area contributed by atoms with Crippen molar-refractivity contribution < 1.29 is 9.53 Å². The first-order valence-electron chi connectivity index (χ1n) is 3.54. The minimum absolute atomic E-state index is 0.0315. The Morgan fingerprint density at radius 1 is 1.50 bits per heavy atom. The number of hydrogen-bond donors (Lipinski definition) is 0. The molecule has 60 valence electrons. The average Bonchev–Trinajstić information content (AvgIpc) is 1.89. The first kappa shape index (κ1) is 9.99. The summed E-state index contributed by atoms with van der Waals surface area (Å²) in [7, 11) is 0. The van der Waals surface area contributed by atoms with Crippen LogP contribution in [0, 0.1) is 0 Å². The molecule has 0 rings (SSSR count). The van der Waals surface area contributed by atoms with Crippen LogP contribution in [0.25, 0.3) is 0 Å². The molecule has 0 heterocycles. The molecular formula is C7H14O2Se. The van der Waals surface area contributed by atoms with Gasteiger partial charge in [-0.05, 0) is 0 Å². The maximum absolute atomic E-state index is 10.7. The molecule has 0 radical (unpaired) electrons. The van der Waals surface area contributed by atoms with Gasteiger partial charge in [-0.3, -0.25) is 0 Å². The summed E-state index contributed by atoms with van der Waals surface area (Å²) >= 11 is 0.473. The molecule has 0 amide bonds. The van der Waals surface area contributed by atoms with Crippen LogP contribution in [0.4, 0.5) is 0 Å². The molecule has 0 atom stereocenters. The molecule has 0 fully saturated rings. The van der Waals surface area contributed by atoms with Gasteiger partial charge < -0.3 is 0 Å². The summed E-state index contributed by atoms with van der Waals surface area (Å²) in [4.78, 5) is 10.7. The molecule has 0 aliphatic heterocycles. The third kappa shape index (κ3) is 6.11. The van der Waals surface area contributed by atoms with E-state index in [0.29, 0.717) is 26.9 Å². The molecule has 3 heteroatoms. The molecule has 0 aliphatic carbocycles. The summed E-state index contributed by atoms with van der Waals surface area (Å²) in [5.41, 5.74) is 0. The van der Waals surface area contributed by atoms with E-state index in [1.54, 1.807) is 0 Å².